The van der Waals surface area contributed by atoms with E-state index in [4.69, 9.17) is 10.00 Å². The predicted octanol–water partition coefficient (Wildman–Crippen LogP) is 2.17. The molecule has 1 heterocycles. The first-order chi connectivity index (χ1) is 8.33. The molecular weight excluding hydrogens is 212 g/mol. The summed E-state index contributed by atoms with van der Waals surface area (Å²) >= 11 is 0. The Morgan fingerprint density at radius 1 is 1.47 bits per heavy atom. The van der Waals surface area contributed by atoms with Crippen LogP contribution in [0.5, 0.6) is 0 Å². The van der Waals surface area contributed by atoms with Crippen LogP contribution < -0.4 is 0 Å². The predicted molar refractivity (Wildman–Crippen MR) is 66.5 cm³/mol. The van der Waals surface area contributed by atoms with Crippen molar-refractivity contribution in [1.29, 1.82) is 5.26 Å². The van der Waals surface area contributed by atoms with Gasteiger partial charge in [-0.3, -0.25) is 4.90 Å². The lowest BCUT2D eigenvalue weighted by Crippen LogP contribution is -2.41. The van der Waals surface area contributed by atoms with E-state index in [0.717, 1.165) is 43.8 Å². The van der Waals surface area contributed by atoms with Gasteiger partial charge in [0.25, 0.3) is 0 Å². The van der Waals surface area contributed by atoms with Gasteiger partial charge in [0.05, 0.1) is 24.3 Å². The summed E-state index contributed by atoms with van der Waals surface area (Å²) in [4.78, 5) is 2.37. The summed E-state index contributed by atoms with van der Waals surface area (Å²) in [5.74, 6) is 0. The highest BCUT2D eigenvalue weighted by Gasteiger charge is 2.19. The lowest BCUT2D eigenvalue weighted by Gasteiger charge is -2.32. The molecule has 1 atom stereocenters. The lowest BCUT2D eigenvalue weighted by atomic mass is 10.1. The van der Waals surface area contributed by atoms with Crippen LogP contribution in [0.4, 0.5) is 0 Å². The van der Waals surface area contributed by atoms with E-state index in [1.165, 1.54) is 0 Å². The molecule has 0 aromatic heterocycles. The monoisotopic (exact) mass is 230 g/mol. The normalized spacial score (nSPS) is 21.1. The van der Waals surface area contributed by atoms with E-state index in [-0.39, 0.29) is 0 Å². The molecule has 17 heavy (non-hydrogen) atoms. The van der Waals surface area contributed by atoms with Gasteiger partial charge in [-0.1, -0.05) is 25.1 Å². The fourth-order valence-electron chi connectivity index (χ4n) is 2.18. The molecule has 0 aliphatic carbocycles. The maximum absolute atomic E-state index is 9.05. The average molecular weight is 230 g/mol. The first-order valence-electron chi connectivity index (χ1n) is 6.15. The minimum absolute atomic E-state index is 0.345. The molecular formula is C14H18N2O. The molecule has 1 aliphatic rings. The molecule has 0 saturated carbocycles. The Morgan fingerprint density at radius 3 is 3.06 bits per heavy atom. The first-order valence-corrected chi connectivity index (χ1v) is 6.15. The largest absolute Gasteiger partial charge is 0.376 e. The second-order valence-electron chi connectivity index (χ2n) is 4.41. The molecule has 3 nitrogen and oxygen atoms in total. The Kier molecular flexibility index (Phi) is 4.13. The molecule has 1 unspecified atom stereocenters. The van der Waals surface area contributed by atoms with Gasteiger partial charge in [0.15, 0.2) is 0 Å². The molecule has 0 N–H and O–H groups in total. The molecule has 3 heteroatoms. The number of hydrogen-bond acceptors (Lipinski definition) is 3. The summed E-state index contributed by atoms with van der Waals surface area (Å²) in [5, 5.41) is 9.05. The molecule has 0 spiro atoms. The van der Waals surface area contributed by atoms with Crippen molar-refractivity contribution < 1.29 is 4.74 Å². The van der Waals surface area contributed by atoms with Gasteiger partial charge in [0.1, 0.15) is 0 Å². The van der Waals surface area contributed by atoms with E-state index in [1.807, 2.05) is 24.3 Å². The summed E-state index contributed by atoms with van der Waals surface area (Å²) < 4.78 is 5.64. The zero-order valence-corrected chi connectivity index (χ0v) is 10.2. The number of benzene rings is 1. The summed E-state index contributed by atoms with van der Waals surface area (Å²) in [6.07, 6.45) is 1.40. The topological polar surface area (TPSA) is 36.3 Å². The quantitative estimate of drug-likeness (QED) is 0.798. The van der Waals surface area contributed by atoms with Gasteiger partial charge in [-0.25, -0.2) is 0 Å². The van der Waals surface area contributed by atoms with Crippen molar-refractivity contribution in [3.05, 3.63) is 35.4 Å². The van der Waals surface area contributed by atoms with Gasteiger partial charge in [0.2, 0.25) is 0 Å². The molecule has 1 fully saturated rings. The second-order valence-corrected chi connectivity index (χ2v) is 4.41. The Balaban J connectivity index is 2.03. The van der Waals surface area contributed by atoms with Gasteiger partial charge in [-0.15, -0.1) is 0 Å². The number of rotatable bonds is 3. The van der Waals surface area contributed by atoms with Gasteiger partial charge < -0.3 is 4.74 Å². The standard InChI is InChI=1S/C14H18N2O/c1-2-14-11-16(7-8-17-14)10-13-6-4-3-5-12(13)9-15/h3-6,14H,2,7-8,10-11H2,1H3. The van der Waals surface area contributed by atoms with Crippen LogP contribution in [0.25, 0.3) is 0 Å². The van der Waals surface area contributed by atoms with Crippen LogP contribution in [0.15, 0.2) is 24.3 Å². The zero-order chi connectivity index (χ0) is 12.1. The number of hydrogen-bond donors (Lipinski definition) is 0. The van der Waals surface area contributed by atoms with E-state index < -0.39 is 0 Å². The fourth-order valence-corrected chi connectivity index (χ4v) is 2.18. The maximum atomic E-state index is 9.05. The molecule has 2 rings (SSSR count). The summed E-state index contributed by atoms with van der Waals surface area (Å²) in [5.41, 5.74) is 1.90. The second kappa shape index (κ2) is 5.81. The SMILES string of the molecule is CCC1CN(Cc2ccccc2C#N)CCO1. The molecule has 90 valence electrons. The van der Waals surface area contributed by atoms with E-state index in [2.05, 4.69) is 17.9 Å². The number of morpholine rings is 1. The van der Waals surface area contributed by atoms with Crippen molar-refractivity contribution in [1.82, 2.24) is 4.90 Å². The van der Waals surface area contributed by atoms with Crippen LogP contribution >= 0.6 is 0 Å². The molecule has 0 bridgehead atoms. The van der Waals surface area contributed by atoms with E-state index in [9.17, 15) is 0 Å². The lowest BCUT2D eigenvalue weighted by molar-refractivity contribution is -0.0324. The molecule has 1 aromatic rings. The third-order valence-electron chi connectivity index (χ3n) is 3.21. The smallest absolute Gasteiger partial charge is 0.0995 e. The number of nitriles is 1. The van der Waals surface area contributed by atoms with Crippen LogP contribution in [0, 0.1) is 11.3 Å². The zero-order valence-electron chi connectivity index (χ0n) is 10.2. The Bertz CT molecular complexity index is 411. The van der Waals surface area contributed by atoms with E-state index >= 15 is 0 Å². The van der Waals surface area contributed by atoms with Gasteiger partial charge >= 0.3 is 0 Å². The van der Waals surface area contributed by atoms with Crippen molar-refractivity contribution in [3.63, 3.8) is 0 Å². The Morgan fingerprint density at radius 2 is 2.29 bits per heavy atom. The highest BCUT2D eigenvalue weighted by Crippen LogP contribution is 2.14. The van der Waals surface area contributed by atoms with Crippen LogP contribution in [0.1, 0.15) is 24.5 Å². The summed E-state index contributed by atoms with van der Waals surface area (Å²) in [6.45, 7) is 5.72. The van der Waals surface area contributed by atoms with Crippen molar-refractivity contribution in [2.75, 3.05) is 19.7 Å². The Hall–Kier alpha value is -1.37. The third-order valence-corrected chi connectivity index (χ3v) is 3.21. The van der Waals surface area contributed by atoms with E-state index in [1.54, 1.807) is 0 Å². The maximum Gasteiger partial charge on any atom is 0.0995 e. The molecule has 0 radical (unpaired) electrons. The molecule has 0 amide bonds. The first kappa shape index (κ1) is 12.1. The van der Waals surface area contributed by atoms with Gasteiger partial charge in [0, 0.05) is 19.6 Å². The average Bonchev–Trinajstić information content (AvgIpc) is 2.39. The van der Waals surface area contributed by atoms with Gasteiger partial charge in [-0.2, -0.15) is 5.26 Å². The molecule has 1 aromatic carbocycles. The highest BCUT2D eigenvalue weighted by atomic mass is 16.5. The van der Waals surface area contributed by atoms with Crippen LogP contribution in [-0.2, 0) is 11.3 Å². The molecule has 1 aliphatic heterocycles. The van der Waals surface area contributed by atoms with E-state index in [0.29, 0.717) is 6.10 Å². The van der Waals surface area contributed by atoms with Crippen LogP contribution in [0.2, 0.25) is 0 Å². The van der Waals surface area contributed by atoms with Crippen LogP contribution in [0.3, 0.4) is 0 Å². The van der Waals surface area contributed by atoms with Gasteiger partial charge in [-0.05, 0) is 18.1 Å². The summed E-state index contributed by atoms with van der Waals surface area (Å²) in [6, 6.07) is 10.1. The summed E-state index contributed by atoms with van der Waals surface area (Å²) in [7, 11) is 0. The third kappa shape index (κ3) is 3.06. The van der Waals surface area contributed by atoms with Crippen molar-refractivity contribution in [3.8, 4) is 6.07 Å². The van der Waals surface area contributed by atoms with Crippen molar-refractivity contribution in [2.45, 2.75) is 26.0 Å². The number of ether oxygens (including phenoxy) is 1. The highest BCUT2D eigenvalue weighted by molar-refractivity contribution is 5.37. The van der Waals surface area contributed by atoms with Crippen molar-refractivity contribution in [2.24, 2.45) is 0 Å². The Labute approximate surface area is 103 Å². The minimum atomic E-state index is 0.345. The van der Waals surface area contributed by atoms with Crippen molar-refractivity contribution >= 4 is 0 Å². The van der Waals surface area contributed by atoms with Crippen LogP contribution in [-0.4, -0.2) is 30.7 Å². The number of nitrogens with zero attached hydrogens (tertiary/aromatic N) is 2. The minimum Gasteiger partial charge on any atom is -0.376 e. The fraction of sp³-hybridized carbons (Fsp3) is 0.500. The molecule has 1 saturated heterocycles.